The summed E-state index contributed by atoms with van der Waals surface area (Å²) >= 11 is 0. The van der Waals surface area contributed by atoms with Gasteiger partial charge >= 0.3 is 0 Å². The first kappa shape index (κ1) is 22.1. The third-order valence-electron chi connectivity index (χ3n) is 5.02. The van der Waals surface area contributed by atoms with Crippen molar-refractivity contribution in [2.24, 2.45) is 0 Å². The summed E-state index contributed by atoms with van der Waals surface area (Å²) in [6, 6.07) is 14.0. The first-order chi connectivity index (χ1) is 12.9. The number of amides is 1. The summed E-state index contributed by atoms with van der Waals surface area (Å²) in [5.41, 5.74) is 10.1. The van der Waals surface area contributed by atoms with Gasteiger partial charge in [0.1, 0.15) is 5.75 Å². The summed E-state index contributed by atoms with van der Waals surface area (Å²) in [7, 11) is 0. The lowest BCUT2D eigenvalue weighted by Gasteiger charge is -2.36. The van der Waals surface area contributed by atoms with Crippen LogP contribution < -0.4 is 10.5 Å². The van der Waals surface area contributed by atoms with Gasteiger partial charge in [-0.1, -0.05) is 29.8 Å². The molecule has 152 valence electrons. The molecule has 28 heavy (non-hydrogen) atoms. The summed E-state index contributed by atoms with van der Waals surface area (Å²) in [5, 5.41) is 0. The van der Waals surface area contributed by atoms with Crippen molar-refractivity contribution in [3.63, 3.8) is 0 Å². The number of anilines is 1. The van der Waals surface area contributed by atoms with Gasteiger partial charge in [0.15, 0.2) is 6.10 Å². The molecule has 0 aromatic heterocycles. The maximum atomic E-state index is 12.8. The van der Waals surface area contributed by atoms with Crippen molar-refractivity contribution in [1.82, 2.24) is 9.80 Å². The molecular formula is C22H30ClN3O2. The maximum absolute atomic E-state index is 12.8. The summed E-state index contributed by atoms with van der Waals surface area (Å²) in [5.74, 6) is 0.834. The van der Waals surface area contributed by atoms with E-state index in [1.807, 2.05) is 49.1 Å². The van der Waals surface area contributed by atoms with Crippen molar-refractivity contribution in [2.45, 2.75) is 33.4 Å². The highest BCUT2D eigenvalue weighted by Crippen LogP contribution is 2.21. The van der Waals surface area contributed by atoms with Gasteiger partial charge in [-0.2, -0.15) is 0 Å². The lowest BCUT2D eigenvalue weighted by Crippen LogP contribution is -2.51. The Bertz CT molecular complexity index is 804. The van der Waals surface area contributed by atoms with E-state index in [-0.39, 0.29) is 18.3 Å². The van der Waals surface area contributed by atoms with E-state index in [0.29, 0.717) is 0 Å². The Balaban J connectivity index is 0.00000280. The quantitative estimate of drug-likeness (QED) is 0.777. The van der Waals surface area contributed by atoms with Gasteiger partial charge in [-0.25, -0.2) is 0 Å². The molecule has 2 aromatic rings. The fourth-order valence-electron chi connectivity index (χ4n) is 3.51. The summed E-state index contributed by atoms with van der Waals surface area (Å²) in [6.07, 6.45) is -0.480. The Kier molecular flexibility index (Phi) is 7.72. The standard InChI is InChI=1S/C22H29N3O2.ClH/c1-16-7-8-21(17(2)13-16)27-18(3)22(26)25-11-9-24(10-12-25)15-19-5-4-6-20(23)14-19;/h4-8,13-14,18H,9-12,15,23H2,1-3H3;1H. The molecule has 0 aliphatic carbocycles. The molecule has 1 fully saturated rings. The molecule has 0 saturated carbocycles. The molecule has 3 rings (SSSR count). The van der Waals surface area contributed by atoms with Crippen molar-refractivity contribution in [3.05, 3.63) is 59.2 Å². The first-order valence-corrected chi connectivity index (χ1v) is 9.52. The third-order valence-corrected chi connectivity index (χ3v) is 5.02. The number of rotatable bonds is 5. The van der Waals surface area contributed by atoms with Gasteiger partial charge in [-0.15, -0.1) is 12.4 Å². The molecule has 2 aromatic carbocycles. The van der Waals surface area contributed by atoms with E-state index in [4.69, 9.17) is 10.5 Å². The van der Waals surface area contributed by atoms with Gasteiger partial charge in [0.2, 0.25) is 0 Å². The van der Waals surface area contributed by atoms with Gasteiger partial charge in [0.05, 0.1) is 0 Å². The van der Waals surface area contributed by atoms with E-state index in [9.17, 15) is 4.79 Å². The van der Waals surface area contributed by atoms with Crippen molar-refractivity contribution < 1.29 is 9.53 Å². The van der Waals surface area contributed by atoms with E-state index in [2.05, 4.69) is 24.0 Å². The van der Waals surface area contributed by atoms with Crippen LogP contribution in [0, 0.1) is 13.8 Å². The SMILES string of the molecule is Cc1ccc(OC(C)C(=O)N2CCN(Cc3cccc(N)c3)CC2)c(C)c1.Cl. The minimum Gasteiger partial charge on any atom is -0.481 e. The lowest BCUT2D eigenvalue weighted by molar-refractivity contribution is -0.139. The zero-order valence-corrected chi connectivity index (χ0v) is 17.7. The third kappa shape index (κ3) is 5.63. The van der Waals surface area contributed by atoms with Crippen molar-refractivity contribution >= 4 is 24.0 Å². The van der Waals surface area contributed by atoms with Crippen molar-refractivity contribution in [3.8, 4) is 5.75 Å². The number of carbonyl (C=O) groups excluding carboxylic acids is 1. The molecule has 1 aliphatic heterocycles. The number of ether oxygens (including phenoxy) is 1. The summed E-state index contributed by atoms with van der Waals surface area (Å²) in [6.45, 7) is 9.92. The van der Waals surface area contributed by atoms with Crippen LogP contribution >= 0.6 is 12.4 Å². The molecule has 1 heterocycles. The second kappa shape index (κ2) is 9.80. The van der Waals surface area contributed by atoms with Crippen molar-refractivity contribution in [2.75, 3.05) is 31.9 Å². The van der Waals surface area contributed by atoms with E-state index in [1.54, 1.807) is 0 Å². The van der Waals surface area contributed by atoms with Crippen LogP contribution in [0.3, 0.4) is 0 Å². The van der Waals surface area contributed by atoms with Crippen LogP contribution in [0.25, 0.3) is 0 Å². The number of nitrogen functional groups attached to an aromatic ring is 1. The summed E-state index contributed by atoms with van der Waals surface area (Å²) < 4.78 is 5.93. The molecule has 0 spiro atoms. The van der Waals surface area contributed by atoms with Crippen LogP contribution in [0.4, 0.5) is 5.69 Å². The molecule has 1 aliphatic rings. The van der Waals surface area contributed by atoms with Crippen LogP contribution in [0.2, 0.25) is 0 Å². The molecule has 1 unspecified atom stereocenters. The second-order valence-electron chi connectivity index (χ2n) is 7.38. The second-order valence-corrected chi connectivity index (χ2v) is 7.38. The lowest BCUT2D eigenvalue weighted by atomic mass is 10.1. The molecule has 1 atom stereocenters. The average Bonchev–Trinajstić information content (AvgIpc) is 2.64. The molecule has 1 amide bonds. The number of hydrogen-bond donors (Lipinski definition) is 1. The number of aryl methyl sites for hydroxylation is 2. The predicted octanol–water partition coefficient (Wildman–Crippen LogP) is 3.42. The molecule has 0 bridgehead atoms. The molecule has 6 heteroatoms. The topological polar surface area (TPSA) is 58.8 Å². The number of piperazine rings is 1. The Morgan fingerprint density at radius 3 is 2.46 bits per heavy atom. The molecule has 2 N–H and O–H groups in total. The number of benzene rings is 2. The molecule has 0 radical (unpaired) electrons. The van der Waals surface area contributed by atoms with Gasteiger partial charge in [-0.3, -0.25) is 9.69 Å². The predicted molar refractivity (Wildman–Crippen MR) is 116 cm³/mol. The number of carbonyl (C=O) groups is 1. The van der Waals surface area contributed by atoms with Crippen molar-refractivity contribution in [1.29, 1.82) is 0 Å². The minimum absolute atomic E-state index is 0. The number of hydrogen-bond acceptors (Lipinski definition) is 4. The fourth-order valence-corrected chi connectivity index (χ4v) is 3.51. The highest BCUT2D eigenvalue weighted by atomic mass is 35.5. The van der Waals surface area contributed by atoms with Crippen LogP contribution in [0.15, 0.2) is 42.5 Å². The fraction of sp³-hybridized carbons (Fsp3) is 0.409. The first-order valence-electron chi connectivity index (χ1n) is 9.52. The van der Waals surface area contributed by atoms with Gasteiger partial charge in [0.25, 0.3) is 5.91 Å². The zero-order valence-electron chi connectivity index (χ0n) is 16.9. The largest absolute Gasteiger partial charge is 0.481 e. The highest BCUT2D eigenvalue weighted by molar-refractivity contribution is 5.85. The van der Waals surface area contributed by atoms with Crippen LogP contribution in [0.5, 0.6) is 5.75 Å². The number of halogens is 1. The Labute approximate surface area is 173 Å². The highest BCUT2D eigenvalue weighted by Gasteiger charge is 2.26. The number of nitrogens with zero attached hydrogens (tertiary/aromatic N) is 2. The normalized spacial score (nSPS) is 15.6. The van der Waals surface area contributed by atoms with E-state index < -0.39 is 6.10 Å². The van der Waals surface area contributed by atoms with E-state index in [0.717, 1.165) is 49.7 Å². The average molecular weight is 404 g/mol. The monoisotopic (exact) mass is 403 g/mol. The zero-order chi connectivity index (χ0) is 19.4. The Morgan fingerprint density at radius 2 is 1.82 bits per heavy atom. The van der Waals surface area contributed by atoms with Crippen LogP contribution in [0.1, 0.15) is 23.6 Å². The molecule has 5 nitrogen and oxygen atoms in total. The van der Waals surface area contributed by atoms with Gasteiger partial charge < -0.3 is 15.4 Å². The minimum atomic E-state index is -0.480. The Hall–Kier alpha value is -2.24. The molecular weight excluding hydrogens is 374 g/mol. The molecule has 1 saturated heterocycles. The number of nitrogens with two attached hydrogens (primary N) is 1. The smallest absolute Gasteiger partial charge is 0.263 e. The van der Waals surface area contributed by atoms with E-state index in [1.165, 1.54) is 11.1 Å². The maximum Gasteiger partial charge on any atom is 0.263 e. The van der Waals surface area contributed by atoms with Crippen LogP contribution in [-0.2, 0) is 11.3 Å². The summed E-state index contributed by atoms with van der Waals surface area (Å²) in [4.78, 5) is 17.0. The van der Waals surface area contributed by atoms with Gasteiger partial charge in [-0.05, 0) is 50.1 Å². The Morgan fingerprint density at radius 1 is 1.11 bits per heavy atom. The van der Waals surface area contributed by atoms with Crippen LogP contribution in [-0.4, -0.2) is 48.0 Å². The van der Waals surface area contributed by atoms with E-state index >= 15 is 0 Å². The van der Waals surface area contributed by atoms with Gasteiger partial charge in [0, 0.05) is 38.4 Å².